The molecule has 0 aliphatic rings. The smallest absolute Gasteiger partial charge is 0.194 e. The second-order valence-electron chi connectivity index (χ2n) is 4.11. The van der Waals surface area contributed by atoms with Crippen LogP contribution < -0.4 is 5.73 Å². The van der Waals surface area contributed by atoms with Crippen LogP contribution >= 0.6 is 0 Å². The molecule has 0 spiro atoms. The van der Waals surface area contributed by atoms with Crippen LogP contribution in [0.25, 0.3) is 16.9 Å². The van der Waals surface area contributed by atoms with Gasteiger partial charge in [0, 0.05) is 17.7 Å². The predicted octanol–water partition coefficient (Wildman–Crippen LogP) is 3.13. The van der Waals surface area contributed by atoms with E-state index in [9.17, 15) is 13.2 Å². The summed E-state index contributed by atoms with van der Waals surface area (Å²) in [6.07, 6.45) is 4.27. The zero-order valence-electron chi connectivity index (χ0n) is 9.98. The van der Waals surface area contributed by atoms with Crippen LogP contribution in [0, 0.1) is 17.5 Å². The molecule has 0 fully saturated rings. The maximum atomic E-state index is 13.2. The molecule has 2 heterocycles. The maximum Gasteiger partial charge on any atom is 0.194 e. The van der Waals surface area contributed by atoms with Crippen molar-refractivity contribution in [1.82, 2.24) is 9.78 Å². The quantitative estimate of drug-likeness (QED) is 0.733. The van der Waals surface area contributed by atoms with Crippen molar-refractivity contribution < 1.29 is 17.6 Å². The molecule has 102 valence electrons. The van der Waals surface area contributed by atoms with Crippen molar-refractivity contribution in [3.8, 4) is 16.9 Å². The average molecular weight is 279 g/mol. The van der Waals surface area contributed by atoms with Gasteiger partial charge in [-0.2, -0.15) is 5.10 Å². The Labute approximate surface area is 111 Å². The number of halogens is 3. The highest BCUT2D eigenvalue weighted by Gasteiger charge is 2.15. The molecule has 0 amide bonds. The maximum absolute atomic E-state index is 13.2. The van der Waals surface area contributed by atoms with E-state index in [0.717, 1.165) is 12.1 Å². The van der Waals surface area contributed by atoms with Crippen molar-refractivity contribution in [2.75, 3.05) is 5.73 Å². The Morgan fingerprint density at radius 3 is 2.45 bits per heavy atom. The first-order chi connectivity index (χ1) is 9.56. The van der Waals surface area contributed by atoms with Crippen LogP contribution in [0.1, 0.15) is 0 Å². The van der Waals surface area contributed by atoms with E-state index in [4.69, 9.17) is 10.2 Å². The van der Waals surface area contributed by atoms with Crippen molar-refractivity contribution >= 4 is 5.69 Å². The first-order valence-corrected chi connectivity index (χ1v) is 5.59. The van der Waals surface area contributed by atoms with Crippen molar-refractivity contribution in [3.05, 3.63) is 54.4 Å². The molecule has 0 saturated heterocycles. The molecule has 0 aliphatic heterocycles. The zero-order valence-corrected chi connectivity index (χ0v) is 9.98. The third-order valence-corrected chi connectivity index (χ3v) is 2.77. The summed E-state index contributed by atoms with van der Waals surface area (Å²) in [5, 5.41) is 4.11. The second kappa shape index (κ2) is 4.44. The van der Waals surface area contributed by atoms with Gasteiger partial charge in [0.2, 0.25) is 0 Å². The van der Waals surface area contributed by atoms with Gasteiger partial charge in [0.25, 0.3) is 0 Å². The van der Waals surface area contributed by atoms with E-state index in [2.05, 4.69) is 5.10 Å². The fourth-order valence-corrected chi connectivity index (χ4v) is 1.82. The standard InChI is InChI=1S/C13H8F3N3O/c14-9-3-8(4-10(15)12(9)16)19-5-11(17)13(18-19)7-1-2-20-6-7/h1-6H,17H2. The van der Waals surface area contributed by atoms with Crippen molar-refractivity contribution in [1.29, 1.82) is 0 Å². The van der Waals surface area contributed by atoms with Crippen molar-refractivity contribution in [3.63, 3.8) is 0 Å². The summed E-state index contributed by atoms with van der Waals surface area (Å²) in [5.41, 5.74) is 7.16. The van der Waals surface area contributed by atoms with E-state index in [1.807, 2.05) is 0 Å². The fraction of sp³-hybridized carbons (Fsp3) is 0. The van der Waals surface area contributed by atoms with E-state index in [1.54, 1.807) is 6.07 Å². The van der Waals surface area contributed by atoms with Gasteiger partial charge in [-0.3, -0.25) is 0 Å². The van der Waals surface area contributed by atoms with Gasteiger partial charge >= 0.3 is 0 Å². The van der Waals surface area contributed by atoms with Gasteiger partial charge in [0.1, 0.15) is 5.69 Å². The Bertz CT molecular complexity index is 742. The number of rotatable bonds is 2. The van der Waals surface area contributed by atoms with Crippen LogP contribution in [-0.2, 0) is 0 Å². The monoisotopic (exact) mass is 279 g/mol. The molecule has 7 heteroatoms. The highest BCUT2D eigenvalue weighted by Crippen LogP contribution is 2.26. The predicted molar refractivity (Wildman–Crippen MR) is 65.6 cm³/mol. The molecule has 0 aliphatic carbocycles. The van der Waals surface area contributed by atoms with Crippen LogP contribution in [0.4, 0.5) is 18.9 Å². The molecule has 0 unspecified atom stereocenters. The third-order valence-electron chi connectivity index (χ3n) is 2.77. The first kappa shape index (κ1) is 12.3. The largest absolute Gasteiger partial charge is 0.472 e. The molecule has 20 heavy (non-hydrogen) atoms. The zero-order chi connectivity index (χ0) is 14.3. The molecule has 0 saturated carbocycles. The third kappa shape index (κ3) is 1.93. The van der Waals surface area contributed by atoms with Gasteiger partial charge < -0.3 is 10.2 Å². The Balaban J connectivity index is 2.10. The summed E-state index contributed by atoms with van der Waals surface area (Å²) in [5.74, 6) is -4.11. The highest BCUT2D eigenvalue weighted by molar-refractivity contribution is 5.71. The Morgan fingerprint density at radius 1 is 1.15 bits per heavy atom. The number of hydrogen-bond acceptors (Lipinski definition) is 3. The lowest BCUT2D eigenvalue weighted by atomic mass is 10.2. The van der Waals surface area contributed by atoms with Gasteiger partial charge in [-0.15, -0.1) is 0 Å². The number of nitrogen functional groups attached to an aromatic ring is 1. The summed E-state index contributed by atoms with van der Waals surface area (Å²) in [4.78, 5) is 0. The Morgan fingerprint density at radius 2 is 1.85 bits per heavy atom. The molecule has 3 rings (SSSR count). The number of benzene rings is 1. The Hall–Kier alpha value is -2.70. The van der Waals surface area contributed by atoms with E-state index in [0.29, 0.717) is 16.9 Å². The minimum Gasteiger partial charge on any atom is -0.472 e. The molecule has 0 bridgehead atoms. The molecule has 2 aromatic heterocycles. The summed E-state index contributed by atoms with van der Waals surface area (Å²) < 4.78 is 45.4. The summed E-state index contributed by atoms with van der Waals surface area (Å²) in [6.45, 7) is 0. The molecule has 3 aromatic rings. The number of nitrogens with two attached hydrogens (primary N) is 1. The van der Waals surface area contributed by atoms with Gasteiger partial charge in [0.15, 0.2) is 17.5 Å². The van der Waals surface area contributed by atoms with Gasteiger partial charge in [-0.1, -0.05) is 0 Å². The normalized spacial score (nSPS) is 10.9. The second-order valence-corrected chi connectivity index (χ2v) is 4.11. The molecule has 4 nitrogen and oxygen atoms in total. The molecular weight excluding hydrogens is 271 g/mol. The lowest BCUT2D eigenvalue weighted by Gasteiger charge is -2.02. The molecule has 2 N–H and O–H groups in total. The molecule has 0 radical (unpaired) electrons. The fourth-order valence-electron chi connectivity index (χ4n) is 1.82. The van der Waals surface area contributed by atoms with E-state index >= 15 is 0 Å². The van der Waals surface area contributed by atoms with Crippen LogP contribution in [0.3, 0.4) is 0 Å². The SMILES string of the molecule is Nc1cn(-c2cc(F)c(F)c(F)c2)nc1-c1ccoc1. The van der Waals surface area contributed by atoms with Crippen LogP contribution in [-0.4, -0.2) is 9.78 Å². The molecule has 0 atom stereocenters. The lowest BCUT2D eigenvalue weighted by molar-refractivity contribution is 0.446. The van der Waals surface area contributed by atoms with Gasteiger partial charge in [-0.05, 0) is 6.07 Å². The summed E-state index contributed by atoms with van der Waals surface area (Å²) >= 11 is 0. The molecular formula is C13H8F3N3O. The number of nitrogens with zero attached hydrogens (tertiary/aromatic N) is 2. The van der Waals surface area contributed by atoms with E-state index in [-0.39, 0.29) is 5.69 Å². The minimum atomic E-state index is -1.52. The van der Waals surface area contributed by atoms with Crippen LogP contribution in [0.15, 0.2) is 41.3 Å². The van der Waals surface area contributed by atoms with E-state index < -0.39 is 17.5 Å². The lowest BCUT2D eigenvalue weighted by Crippen LogP contribution is -1.99. The number of furan rings is 1. The molecule has 1 aromatic carbocycles. The summed E-state index contributed by atoms with van der Waals surface area (Å²) in [7, 11) is 0. The van der Waals surface area contributed by atoms with Gasteiger partial charge in [0.05, 0.1) is 30.1 Å². The van der Waals surface area contributed by atoms with E-state index in [1.165, 1.54) is 23.4 Å². The van der Waals surface area contributed by atoms with Crippen LogP contribution in [0.2, 0.25) is 0 Å². The van der Waals surface area contributed by atoms with Crippen molar-refractivity contribution in [2.24, 2.45) is 0 Å². The Kier molecular flexibility index (Phi) is 2.74. The number of anilines is 1. The van der Waals surface area contributed by atoms with Gasteiger partial charge in [-0.25, -0.2) is 17.9 Å². The van der Waals surface area contributed by atoms with Crippen molar-refractivity contribution in [2.45, 2.75) is 0 Å². The minimum absolute atomic E-state index is 0.0304. The average Bonchev–Trinajstić information content (AvgIpc) is 3.04. The highest BCUT2D eigenvalue weighted by atomic mass is 19.2. The first-order valence-electron chi connectivity index (χ1n) is 5.59. The summed E-state index contributed by atoms with van der Waals surface area (Å²) in [6, 6.07) is 3.32. The topological polar surface area (TPSA) is 57.0 Å². The number of hydrogen-bond donors (Lipinski definition) is 1. The van der Waals surface area contributed by atoms with Crippen LogP contribution in [0.5, 0.6) is 0 Å². The number of aromatic nitrogens is 2.